The summed E-state index contributed by atoms with van der Waals surface area (Å²) >= 11 is 0. The normalized spacial score (nSPS) is 13.1. The molecule has 1 heterocycles. The van der Waals surface area contributed by atoms with E-state index in [-0.39, 0.29) is 11.4 Å². The largest absolute Gasteiger partial charge is 0.493 e. The maximum absolute atomic E-state index is 12.7. The predicted octanol–water partition coefficient (Wildman–Crippen LogP) is 1.40. The molecule has 25 heavy (non-hydrogen) atoms. The van der Waals surface area contributed by atoms with Crippen molar-refractivity contribution in [2.24, 2.45) is 0 Å². The van der Waals surface area contributed by atoms with E-state index in [9.17, 15) is 13.5 Å². The second-order valence-corrected chi connectivity index (χ2v) is 7.66. The number of methoxy groups -OCH3 is 2. The van der Waals surface area contributed by atoms with E-state index < -0.39 is 16.1 Å². The number of aromatic amines is 1. The molecular formula is C16H23N3O5S. The van der Waals surface area contributed by atoms with Gasteiger partial charge in [0.2, 0.25) is 10.0 Å². The average molecular weight is 369 g/mol. The molecule has 0 aliphatic carbocycles. The maximum Gasteiger partial charge on any atom is 0.246 e. The number of nitrogens with one attached hydrogen (secondary N) is 1. The van der Waals surface area contributed by atoms with Crippen LogP contribution in [-0.2, 0) is 10.0 Å². The molecule has 1 unspecified atom stereocenters. The molecule has 0 aliphatic rings. The Bertz CT molecular complexity index is 828. The number of nitrogens with zero attached hydrogens (tertiary/aromatic N) is 2. The van der Waals surface area contributed by atoms with Crippen molar-refractivity contribution in [3.05, 3.63) is 35.2 Å². The molecule has 0 aliphatic heterocycles. The molecule has 1 aromatic carbocycles. The van der Waals surface area contributed by atoms with E-state index in [2.05, 4.69) is 10.2 Å². The molecule has 0 radical (unpaired) electrons. The van der Waals surface area contributed by atoms with Crippen LogP contribution in [0, 0.1) is 13.8 Å². The summed E-state index contributed by atoms with van der Waals surface area (Å²) in [4.78, 5) is 0.134. The Kier molecular flexibility index (Phi) is 5.71. The van der Waals surface area contributed by atoms with Gasteiger partial charge >= 0.3 is 0 Å². The van der Waals surface area contributed by atoms with Gasteiger partial charge in [0.25, 0.3) is 0 Å². The van der Waals surface area contributed by atoms with E-state index in [0.717, 1.165) is 4.31 Å². The first-order valence-corrected chi connectivity index (χ1v) is 9.04. The molecule has 2 rings (SSSR count). The van der Waals surface area contributed by atoms with E-state index in [1.54, 1.807) is 32.0 Å². The third-order valence-electron chi connectivity index (χ3n) is 3.95. The first-order chi connectivity index (χ1) is 11.7. The van der Waals surface area contributed by atoms with Gasteiger partial charge in [-0.15, -0.1) is 0 Å². The highest BCUT2D eigenvalue weighted by atomic mass is 32.2. The first kappa shape index (κ1) is 19.2. The minimum atomic E-state index is -3.76. The molecule has 0 saturated heterocycles. The number of hydrogen-bond donors (Lipinski definition) is 2. The molecule has 1 atom stereocenters. The van der Waals surface area contributed by atoms with Gasteiger partial charge in [0, 0.05) is 13.6 Å². The first-order valence-electron chi connectivity index (χ1n) is 7.60. The Balaban J connectivity index is 2.24. The van der Waals surface area contributed by atoms with Crippen molar-refractivity contribution < 1.29 is 23.0 Å². The third kappa shape index (κ3) is 3.78. The van der Waals surface area contributed by atoms with Crippen molar-refractivity contribution in [3.8, 4) is 11.5 Å². The van der Waals surface area contributed by atoms with Crippen molar-refractivity contribution in [2.45, 2.75) is 24.8 Å². The van der Waals surface area contributed by atoms with E-state index in [1.165, 1.54) is 21.3 Å². The van der Waals surface area contributed by atoms with E-state index in [4.69, 9.17) is 9.47 Å². The number of sulfonamides is 1. The van der Waals surface area contributed by atoms with Crippen LogP contribution >= 0.6 is 0 Å². The topological polar surface area (TPSA) is 105 Å². The third-order valence-corrected chi connectivity index (χ3v) is 6.04. The summed E-state index contributed by atoms with van der Waals surface area (Å²) in [5, 5.41) is 17.0. The lowest BCUT2D eigenvalue weighted by molar-refractivity contribution is 0.154. The lowest BCUT2D eigenvalue weighted by atomic mass is 10.1. The Morgan fingerprint density at radius 3 is 2.40 bits per heavy atom. The SMILES string of the molecule is COc1ccc(C(O)CN(C)S(=O)(=O)c2c(C)n[nH]c2C)cc1OC. The molecule has 1 aromatic heterocycles. The zero-order chi connectivity index (χ0) is 18.8. The number of aromatic nitrogens is 2. The van der Waals surface area contributed by atoms with Crippen molar-refractivity contribution >= 4 is 10.0 Å². The van der Waals surface area contributed by atoms with E-state index in [1.807, 2.05) is 0 Å². The van der Waals surface area contributed by atoms with Gasteiger partial charge in [-0.05, 0) is 31.5 Å². The number of ether oxygens (including phenoxy) is 2. The van der Waals surface area contributed by atoms with Crippen molar-refractivity contribution in [1.82, 2.24) is 14.5 Å². The summed E-state index contributed by atoms with van der Waals surface area (Å²) in [6, 6.07) is 4.95. The summed E-state index contributed by atoms with van der Waals surface area (Å²) in [6.07, 6.45) is -1.02. The molecule has 0 saturated carbocycles. The predicted molar refractivity (Wildman–Crippen MR) is 92.4 cm³/mol. The average Bonchev–Trinajstić information content (AvgIpc) is 2.93. The molecule has 0 fully saturated rings. The number of H-pyrrole nitrogens is 1. The van der Waals surface area contributed by atoms with Crippen LogP contribution < -0.4 is 9.47 Å². The number of rotatable bonds is 7. The summed E-state index contributed by atoms with van der Waals surface area (Å²) in [7, 11) is 0.670. The summed E-state index contributed by atoms with van der Waals surface area (Å²) in [5.41, 5.74) is 1.38. The molecule has 2 aromatic rings. The van der Waals surface area contributed by atoms with Crippen LogP contribution in [0.2, 0.25) is 0 Å². The van der Waals surface area contributed by atoms with Crippen molar-refractivity contribution in [1.29, 1.82) is 0 Å². The van der Waals surface area contributed by atoms with E-state index >= 15 is 0 Å². The molecule has 2 N–H and O–H groups in total. The van der Waals surface area contributed by atoms with Gasteiger partial charge in [0.05, 0.1) is 31.7 Å². The van der Waals surface area contributed by atoms with Gasteiger partial charge in [0.15, 0.2) is 11.5 Å². The van der Waals surface area contributed by atoms with Gasteiger partial charge in [-0.3, -0.25) is 5.10 Å². The second kappa shape index (κ2) is 7.42. The number of aliphatic hydroxyl groups is 1. The van der Waals surface area contributed by atoms with Gasteiger partial charge in [-0.1, -0.05) is 6.07 Å². The number of likely N-dealkylation sites (N-methyl/N-ethyl adjacent to an activating group) is 1. The second-order valence-electron chi connectivity index (χ2n) is 5.68. The van der Waals surface area contributed by atoms with Crippen LogP contribution in [0.3, 0.4) is 0 Å². The van der Waals surface area contributed by atoms with Crippen molar-refractivity contribution in [2.75, 3.05) is 27.8 Å². The number of benzene rings is 1. The molecule has 9 heteroatoms. The van der Waals surface area contributed by atoms with Crippen molar-refractivity contribution in [3.63, 3.8) is 0 Å². The summed E-state index contributed by atoms with van der Waals surface area (Å²) in [6.45, 7) is 3.16. The molecule has 0 amide bonds. The quantitative estimate of drug-likeness (QED) is 0.764. The van der Waals surface area contributed by atoms with Gasteiger partial charge < -0.3 is 14.6 Å². The standard InChI is InChI=1S/C16H23N3O5S/c1-10-16(11(2)18-17-10)25(21,22)19(3)9-13(20)12-6-7-14(23-4)15(8-12)24-5/h6-8,13,20H,9H2,1-5H3,(H,17,18). The molecular weight excluding hydrogens is 346 g/mol. The fraction of sp³-hybridized carbons (Fsp3) is 0.438. The highest BCUT2D eigenvalue weighted by molar-refractivity contribution is 7.89. The lowest BCUT2D eigenvalue weighted by Gasteiger charge is -2.21. The number of hydrogen-bond acceptors (Lipinski definition) is 6. The monoisotopic (exact) mass is 369 g/mol. The van der Waals surface area contributed by atoms with Crippen LogP contribution in [0.25, 0.3) is 0 Å². The van der Waals surface area contributed by atoms with E-state index in [0.29, 0.717) is 28.5 Å². The summed E-state index contributed by atoms with van der Waals surface area (Å²) in [5.74, 6) is 0.996. The van der Waals surface area contributed by atoms with Crippen LogP contribution in [0.15, 0.2) is 23.1 Å². The number of aliphatic hydroxyl groups excluding tert-OH is 1. The van der Waals surface area contributed by atoms with Gasteiger partial charge in [0.1, 0.15) is 4.90 Å². The minimum absolute atomic E-state index is 0.109. The number of aryl methyl sites for hydroxylation is 2. The summed E-state index contributed by atoms with van der Waals surface area (Å²) < 4.78 is 36.9. The highest BCUT2D eigenvalue weighted by Crippen LogP contribution is 2.31. The Hall–Kier alpha value is -2.10. The van der Waals surface area contributed by atoms with Crippen LogP contribution in [0.1, 0.15) is 23.1 Å². The highest BCUT2D eigenvalue weighted by Gasteiger charge is 2.28. The molecule has 0 spiro atoms. The molecule has 0 bridgehead atoms. The zero-order valence-electron chi connectivity index (χ0n) is 14.9. The minimum Gasteiger partial charge on any atom is -0.493 e. The maximum atomic E-state index is 12.7. The van der Waals surface area contributed by atoms with Crippen LogP contribution in [0.4, 0.5) is 0 Å². The lowest BCUT2D eigenvalue weighted by Crippen LogP contribution is -2.31. The van der Waals surface area contributed by atoms with Gasteiger partial charge in [-0.2, -0.15) is 9.40 Å². The smallest absolute Gasteiger partial charge is 0.246 e. The zero-order valence-corrected chi connectivity index (χ0v) is 15.7. The fourth-order valence-electron chi connectivity index (χ4n) is 2.58. The fourth-order valence-corrected chi connectivity index (χ4v) is 4.08. The Morgan fingerprint density at radius 1 is 1.24 bits per heavy atom. The van der Waals surface area contributed by atoms with Gasteiger partial charge in [-0.25, -0.2) is 8.42 Å². The molecule has 138 valence electrons. The molecule has 8 nitrogen and oxygen atoms in total. The Labute approximate surface area is 147 Å². The van der Waals surface area contributed by atoms with Crippen LogP contribution in [-0.4, -0.2) is 55.8 Å². The Morgan fingerprint density at radius 2 is 1.88 bits per heavy atom. The van der Waals surface area contributed by atoms with Crippen LogP contribution in [0.5, 0.6) is 11.5 Å².